The molecule has 0 bridgehead atoms. The second-order valence-corrected chi connectivity index (χ2v) is 6.22. The van der Waals surface area contributed by atoms with Crippen LogP contribution in [0.1, 0.15) is 38.1 Å². The Morgan fingerprint density at radius 2 is 1.95 bits per heavy atom. The minimum atomic E-state index is -0.479. The van der Waals surface area contributed by atoms with Crippen LogP contribution in [0.25, 0.3) is 0 Å². The number of hydrogen-bond acceptors (Lipinski definition) is 4. The summed E-state index contributed by atoms with van der Waals surface area (Å²) in [6, 6.07) is 7.67. The number of nitrogen functional groups attached to an aromatic ring is 1. The van der Waals surface area contributed by atoms with Crippen molar-refractivity contribution in [3.05, 3.63) is 45.9 Å². The maximum atomic E-state index is 6.11. The highest BCUT2D eigenvalue weighted by molar-refractivity contribution is 7.13. The van der Waals surface area contributed by atoms with Crippen molar-refractivity contribution in [3.8, 4) is 0 Å². The van der Waals surface area contributed by atoms with Gasteiger partial charge in [0.2, 0.25) is 0 Å². The van der Waals surface area contributed by atoms with Gasteiger partial charge in [-0.15, -0.1) is 11.3 Å². The van der Waals surface area contributed by atoms with E-state index >= 15 is 0 Å². The third-order valence-electron chi connectivity index (χ3n) is 2.95. The lowest BCUT2D eigenvalue weighted by Gasteiger charge is -2.28. The molecular formula is C14H17ClN2OS. The fourth-order valence-corrected chi connectivity index (χ4v) is 2.71. The third-order valence-corrected chi connectivity index (χ3v) is 3.88. The zero-order chi connectivity index (χ0) is 14.0. The van der Waals surface area contributed by atoms with Crippen LogP contribution < -0.4 is 5.73 Å². The summed E-state index contributed by atoms with van der Waals surface area (Å²) < 4.78 is 6.11. The maximum Gasteiger partial charge on any atom is 0.180 e. The molecule has 102 valence electrons. The number of thiazole rings is 1. The van der Waals surface area contributed by atoms with Crippen molar-refractivity contribution in [1.29, 1.82) is 0 Å². The first kappa shape index (κ1) is 14.3. The quantitative estimate of drug-likeness (QED) is 0.910. The van der Waals surface area contributed by atoms with Gasteiger partial charge in [-0.2, -0.15) is 0 Å². The molecule has 2 aromatic rings. The number of rotatable bonds is 4. The van der Waals surface area contributed by atoms with Crippen LogP contribution in [0.3, 0.4) is 0 Å². The lowest BCUT2D eigenvalue weighted by atomic mass is 10.0. The second kappa shape index (κ2) is 5.49. The third kappa shape index (κ3) is 3.47. The van der Waals surface area contributed by atoms with E-state index in [4.69, 9.17) is 22.1 Å². The van der Waals surface area contributed by atoms with Gasteiger partial charge in [0.25, 0.3) is 0 Å². The molecule has 1 unspecified atom stereocenters. The van der Waals surface area contributed by atoms with Gasteiger partial charge in [-0.25, -0.2) is 4.98 Å². The van der Waals surface area contributed by atoms with Crippen LogP contribution in [0.15, 0.2) is 29.6 Å². The Morgan fingerprint density at radius 3 is 2.47 bits per heavy atom. The number of nitrogens with two attached hydrogens (primary N) is 1. The zero-order valence-corrected chi connectivity index (χ0v) is 12.8. The monoisotopic (exact) mass is 296 g/mol. The van der Waals surface area contributed by atoms with Gasteiger partial charge in [0, 0.05) is 10.4 Å². The minimum Gasteiger partial charge on any atom is -0.375 e. The van der Waals surface area contributed by atoms with Gasteiger partial charge in [-0.05, 0) is 38.5 Å². The van der Waals surface area contributed by atoms with Crippen LogP contribution in [0.5, 0.6) is 0 Å². The van der Waals surface area contributed by atoms with E-state index in [9.17, 15) is 0 Å². The largest absolute Gasteiger partial charge is 0.375 e. The van der Waals surface area contributed by atoms with E-state index in [1.165, 1.54) is 11.3 Å². The van der Waals surface area contributed by atoms with Crippen molar-refractivity contribution in [2.45, 2.75) is 32.5 Å². The highest BCUT2D eigenvalue weighted by Gasteiger charge is 2.27. The molecule has 1 aromatic carbocycles. The van der Waals surface area contributed by atoms with Gasteiger partial charge in [0.05, 0.1) is 11.8 Å². The molecule has 0 saturated heterocycles. The summed E-state index contributed by atoms with van der Waals surface area (Å²) in [6.45, 7) is 6.00. The van der Waals surface area contributed by atoms with E-state index in [1.807, 2.05) is 50.4 Å². The van der Waals surface area contributed by atoms with Crippen molar-refractivity contribution < 1.29 is 4.74 Å². The topological polar surface area (TPSA) is 48.1 Å². The smallest absolute Gasteiger partial charge is 0.180 e. The molecule has 0 amide bonds. The Bertz CT molecular complexity index is 551. The summed E-state index contributed by atoms with van der Waals surface area (Å²) in [7, 11) is 0. The Hall–Kier alpha value is -1.10. The van der Waals surface area contributed by atoms with Crippen LogP contribution in [0.2, 0.25) is 5.02 Å². The molecule has 5 heteroatoms. The van der Waals surface area contributed by atoms with E-state index < -0.39 is 5.60 Å². The number of halogens is 1. The van der Waals surface area contributed by atoms with Crippen molar-refractivity contribution in [1.82, 2.24) is 4.98 Å². The predicted molar refractivity (Wildman–Crippen MR) is 80.5 cm³/mol. The number of aromatic nitrogens is 1. The first-order chi connectivity index (χ1) is 8.88. The average molecular weight is 297 g/mol. The predicted octanol–water partition coefficient (Wildman–Crippen LogP) is 4.39. The molecule has 0 aliphatic rings. The lowest BCUT2D eigenvalue weighted by Crippen LogP contribution is -2.24. The van der Waals surface area contributed by atoms with Gasteiger partial charge in [-0.3, -0.25) is 0 Å². The number of ether oxygens (including phenoxy) is 1. The van der Waals surface area contributed by atoms with Gasteiger partial charge >= 0.3 is 0 Å². The summed E-state index contributed by atoms with van der Waals surface area (Å²) in [4.78, 5) is 4.29. The van der Waals surface area contributed by atoms with Gasteiger partial charge < -0.3 is 10.5 Å². The molecule has 3 nitrogen and oxygen atoms in total. The summed E-state index contributed by atoms with van der Waals surface area (Å²) in [5, 5.41) is 3.22. The van der Waals surface area contributed by atoms with Crippen molar-refractivity contribution in [2.24, 2.45) is 0 Å². The summed E-state index contributed by atoms with van der Waals surface area (Å²) >= 11 is 7.31. The van der Waals surface area contributed by atoms with E-state index in [0.717, 1.165) is 16.3 Å². The van der Waals surface area contributed by atoms with E-state index in [-0.39, 0.29) is 6.10 Å². The molecule has 2 rings (SSSR count). The fourth-order valence-electron chi connectivity index (χ4n) is 1.87. The van der Waals surface area contributed by atoms with E-state index in [0.29, 0.717) is 5.13 Å². The molecule has 0 radical (unpaired) electrons. The van der Waals surface area contributed by atoms with Gasteiger partial charge in [0.15, 0.2) is 5.13 Å². The Balaban J connectivity index is 2.13. The number of anilines is 1. The Labute approximate surface area is 122 Å². The van der Waals surface area contributed by atoms with Crippen molar-refractivity contribution in [3.63, 3.8) is 0 Å². The van der Waals surface area contributed by atoms with Gasteiger partial charge in [-0.1, -0.05) is 23.7 Å². The highest BCUT2D eigenvalue weighted by atomic mass is 35.5. The van der Waals surface area contributed by atoms with Crippen LogP contribution in [0.4, 0.5) is 5.13 Å². The first-order valence-corrected chi connectivity index (χ1v) is 7.29. The molecule has 0 spiro atoms. The number of hydrogen-bond donors (Lipinski definition) is 1. The molecule has 0 aliphatic heterocycles. The minimum absolute atomic E-state index is 0.0461. The van der Waals surface area contributed by atoms with Crippen LogP contribution in [0, 0.1) is 0 Å². The van der Waals surface area contributed by atoms with E-state index in [1.54, 1.807) is 0 Å². The lowest BCUT2D eigenvalue weighted by molar-refractivity contribution is -0.0724. The fraction of sp³-hybridized carbons (Fsp3) is 0.357. The van der Waals surface area contributed by atoms with Crippen LogP contribution >= 0.6 is 22.9 Å². The van der Waals surface area contributed by atoms with Crippen molar-refractivity contribution >= 4 is 28.1 Å². The summed E-state index contributed by atoms with van der Waals surface area (Å²) in [5.74, 6) is 0. The molecule has 2 N–H and O–H groups in total. The second-order valence-electron chi connectivity index (χ2n) is 4.89. The number of nitrogens with zero attached hydrogens (tertiary/aromatic N) is 1. The zero-order valence-electron chi connectivity index (χ0n) is 11.2. The number of benzene rings is 1. The molecule has 0 aliphatic carbocycles. The Kier molecular flexibility index (Phi) is 4.13. The molecule has 0 saturated carbocycles. The summed E-state index contributed by atoms with van der Waals surface area (Å²) in [6.07, 6.45) is -0.0461. The maximum absolute atomic E-state index is 6.11. The molecular weight excluding hydrogens is 280 g/mol. The van der Waals surface area contributed by atoms with Crippen LogP contribution in [-0.2, 0) is 10.3 Å². The SMILES string of the molecule is CC(OC(C)(C)c1csc(N)n1)c1ccc(Cl)cc1. The normalized spacial score (nSPS) is 13.5. The van der Waals surface area contributed by atoms with E-state index in [2.05, 4.69) is 4.98 Å². The standard InChI is InChI=1S/C14H17ClN2OS/c1-9(10-4-6-11(15)7-5-10)18-14(2,3)12-8-19-13(16)17-12/h4-9H,1-3H3,(H2,16,17). The molecule has 1 atom stereocenters. The highest BCUT2D eigenvalue weighted by Crippen LogP contribution is 2.32. The van der Waals surface area contributed by atoms with Crippen LogP contribution in [-0.4, -0.2) is 4.98 Å². The van der Waals surface area contributed by atoms with Gasteiger partial charge in [0.1, 0.15) is 5.60 Å². The molecule has 1 aromatic heterocycles. The van der Waals surface area contributed by atoms with Crippen molar-refractivity contribution in [2.75, 3.05) is 5.73 Å². The Morgan fingerprint density at radius 1 is 1.32 bits per heavy atom. The first-order valence-electron chi connectivity index (χ1n) is 6.03. The summed E-state index contributed by atoms with van der Waals surface area (Å²) in [5.41, 5.74) is 7.13. The molecule has 0 fully saturated rings. The molecule has 1 heterocycles. The average Bonchev–Trinajstić information content (AvgIpc) is 2.77. The molecule has 19 heavy (non-hydrogen) atoms.